The number of carbonyl (C=O) groups excluding carboxylic acids is 2. The Morgan fingerprint density at radius 2 is 1.62 bits per heavy atom. The number of hydrogen-bond acceptors (Lipinski definition) is 5. The first kappa shape index (κ1) is 17.1. The molecule has 0 aliphatic heterocycles. The molecule has 0 spiro atoms. The van der Waals surface area contributed by atoms with Crippen molar-refractivity contribution < 1.29 is 19.2 Å². The third-order valence-electron chi connectivity index (χ3n) is 3.40. The van der Waals surface area contributed by atoms with Gasteiger partial charge in [-0.1, -0.05) is 42.5 Å². The standard InChI is InChI=1S/C18H15NO5/c1-12(20)16(18(21)24-2)17(13-7-4-3-5-8-13)14-9-6-10-15(11-14)19(22)23/h3-11H,1-2H3. The molecule has 6 nitrogen and oxygen atoms in total. The number of rotatable bonds is 5. The maximum absolute atomic E-state index is 12.1. The van der Waals surface area contributed by atoms with E-state index in [-0.39, 0.29) is 11.3 Å². The van der Waals surface area contributed by atoms with Gasteiger partial charge in [-0.05, 0) is 18.1 Å². The number of hydrogen-bond donors (Lipinski definition) is 0. The fourth-order valence-corrected chi connectivity index (χ4v) is 2.36. The molecule has 0 radical (unpaired) electrons. The fourth-order valence-electron chi connectivity index (χ4n) is 2.36. The van der Waals surface area contributed by atoms with Crippen molar-refractivity contribution in [2.75, 3.05) is 7.11 Å². The Morgan fingerprint density at radius 1 is 1.00 bits per heavy atom. The second-order valence-corrected chi connectivity index (χ2v) is 4.97. The summed E-state index contributed by atoms with van der Waals surface area (Å²) in [5.74, 6) is -1.26. The van der Waals surface area contributed by atoms with Crippen LogP contribution in [-0.2, 0) is 14.3 Å². The third-order valence-corrected chi connectivity index (χ3v) is 3.40. The molecule has 0 aromatic heterocycles. The first-order valence-corrected chi connectivity index (χ1v) is 7.09. The van der Waals surface area contributed by atoms with E-state index < -0.39 is 16.7 Å². The predicted molar refractivity (Wildman–Crippen MR) is 88.3 cm³/mol. The highest BCUT2D eigenvalue weighted by Crippen LogP contribution is 2.30. The SMILES string of the molecule is COC(=O)C(C(C)=O)=C(c1ccccc1)c1cccc([N+](=O)[O-])c1. The average Bonchev–Trinajstić information content (AvgIpc) is 2.59. The quantitative estimate of drug-likeness (QED) is 0.210. The molecular formula is C18H15NO5. The van der Waals surface area contributed by atoms with E-state index in [0.717, 1.165) is 0 Å². The van der Waals surface area contributed by atoms with E-state index in [9.17, 15) is 19.7 Å². The summed E-state index contributed by atoms with van der Waals surface area (Å²) >= 11 is 0. The third kappa shape index (κ3) is 3.55. The number of benzene rings is 2. The Bertz CT molecular complexity index is 824. The lowest BCUT2D eigenvalue weighted by molar-refractivity contribution is -0.384. The van der Waals surface area contributed by atoms with Gasteiger partial charge in [-0.15, -0.1) is 0 Å². The highest BCUT2D eigenvalue weighted by Gasteiger charge is 2.24. The average molecular weight is 325 g/mol. The van der Waals surface area contributed by atoms with E-state index >= 15 is 0 Å². The Morgan fingerprint density at radius 3 is 2.17 bits per heavy atom. The number of nitro groups is 1. The molecule has 0 N–H and O–H groups in total. The minimum absolute atomic E-state index is 0.131. The van der Waals surface area contributed by atoms with Gasteiger partial charge in [0.2, 0.25) is 0 Å². The van der Waals surface area contributed by atoms with Crippen LogP contribution in [0.3, 0.4) is 0 Å². The summed E-state index contributed by atoms with van der Waals surface area (Å²) in [6.45, 7) is 1.26. The van der Waals surface area contributed by atoms with Gasteiger partial charge in [0.25, 0.3) is 5.69 Å². The maximum Gasteiger partial charge on any atom is 0.342 e. The predicted octanol–water partition coefficient (Wildman–Crippen LogP) is 3.16. The minimum atomic E-state index is -0.784. The summed E-state index contributed by atoms with van der Waals surface area (Å²) < 4.78 is 4.72. The zero-order chi connectivity index (χ0) is 17.7. The number of ketones is 1. The summed E-state index contributed by atoms with van der Waals surface area (Å²) in [7, 11) is 1.18. The number of ether oxygens (including phenoxy) is 1. The van der Waals surface area contributed by atoms with Crippen molar-refractivity contribution in [3.63, 3.8) is 0 Å². The molecular weight excluding hydrogens is 310 g/mol. The number of carbonyl (C=O) groups is 2. The van der Waals surface area contributed by atoms with Crippen LogP contribution in [0.15, 0.2) is 60.2 Å². The number of nitro benzene ring substituents is 1. The molecule has 2 rings (SSSR count). The Hall–Kier alpha value is -3.28. The van der Waals surface area contributed by atoms with E-state index in [1.165, 1.54) is 32.2 Å². The van der Waals surface area contributed by atoms with Crippen LogP contribution in [0.5, 0.6) is 0 Å². The van der Waals surface area contributed by atoms with Crippen LogP contribution in [0.1, 0.15) is 18.1 Å². The lowest BCUT2D eigenvalue weighted by Crippen LogP contribution is -2.15. The van der Waals surface area contributed by atoms with Crippen LogP contribution in [0, 0.1) is 10.1 Å². The smallest absolute Gasteiger partial charge is 0.342 e. The normalized spacial score (nSPS) is 11.4. The molecule has 2 aromatic carbocycles. The van der Waals surface area contributed by atoms with Crippen LogP contribution in [0.2, 0.25) is 0 Å². The Balaban J connectivity index is 2.82. The van der Waals surface area contributed by atoms with Gasteiger partial charge < -0.3 is 4.74 Å². The van der Waals surface area contributed by atoms with Crippen molar-refractivity contribution in [3.8, 4) is 0 Å². The van der Waals surface area contributed by atoms with E-state index in [0.29, 0.717) is 16.7 Å². The zero-order valence-electron chi connectivity index (χ0n) is 13.2. The molecule has 0 saturated heterocycles. The van der Waals surface area contributed by atoms with Gasteiger partial charge in [0, 0.05) is 17.7 Å². The zero-order valence-corrected chi connectivity index (χ0v) is 13.2. The molecule has 122 valence electrons. The lowest BCUT2D eigenvalue weighted by atomic mass is 9.91. The number of esters is 1. The maximum atomic E-state index is 12.1. The summed E-state index contributed by atoms with van der Waals surface area (Å²) in [6.07, 6.45) is 0. The second-order valence-electron chi connectivity index (χ2n) is 4.97. The number of methoxy groups -OCH3 is 1. The Kier molecular flexibility index (Phi) is 5.21. The molecule has 0 heterocycles. The molecule has 0 saturated carbocycles. The molecule has 0 aliphatic carbocycles. The second kappa shape index (κ2) is 7.32. The van der Waals surface area contributed by atoms with Gasteiger partial charge in [-0.3, -0.25) is 14.9 Å². The van der Waals surface area contributed by atoms with Crippen LogP contribution in [-0.4, -0.2) is 23.8 Å². The molecule has 6 heteroatoms. The molecule has 0 bridgehead atoms. The van der Waals surface area contributed by atoms with Crippen LogP contribution in [0.4, 0.5) is 5.69 Å². The topological polar surface area (TPSA) is 86.5 Å². The van der Waals surface area contributed by atoms with Gasteiger partial charge >= 0.3 is 5.97 Å². The highest BCUT2D eigenvalue weighted by molar-refractivity contribution is 6.23. The van der Waals surface area contributed by atoms with Crippen molar-refractivity contribution in [2.24, 2.45) is 0 Å². The highest BCUT2D eigenvalue weighted by atomic mass is 16.6. The lowest BCUT2D eigenvalue weighted by Gasteiger charge is -2.13. The van der Waals surface area contributed by atoms with Crippen molar-refractivity contribution >= 4 is 23.0 Å². The van der Waals surface area contributed by atoms with Crippen molar-refractivity contribution in [2.45, 2.75) is 6.92 Å². The van der Waals surface area contributed by atoms with Gasteiger partial charge in [-0.2, -0.15) is 0 Å². The number of nitrogens with zero attached hydrogens (tertiary/aromatic N) is 1. The first-order chi connectivity index (χ1) is 11.5. The summed E-state index contributed by atoms with van der Waals surface area (Å²) in [6, 6.07) is 14.5. The summed E-state index contributed by atoms with van der Waals surface area (Å²) in [4.78, 5) is 34.7. The van der Waals surface area contributed by atoms with Crippen LogP contribution < -0.4 is 0 Å². The summed E-state index contributed by atoms with van der Waals surface area (Å²) in [5, 5.41) is 11.0. The van der Waals surface area contributed by atoms with E-state index in [1.807, 2.05) is 0 Å². The first-order valence-electron chi connectivity index (χ1n) is 7.09. The van der Waals surface area contributed by atoms with Gasteiger partial charge in [0.05, 0.1) is 12.0 Å². The Labute approximate surface area is 138 Å². The van der Waals surface area contributed by atoms with Gasteiger partial charge in [-0.25, -0.2) is 4.79 Å². The van der Waals surface area contributed by atoms with Crippen molar-refractivity contribution in [3.05, 3.63) is 81.4 Å². The molecule has 0 aliphatic rings. The molecule has 2 aromatic rings. The van der Waals surface area contributed by atoms with Crippen molar-refractivity contribution in [1.82, 2.24) is 0 Å². The van der Waals surface area contributed by atoms with E-state index in [2.05, 4.69) is 0 Å². The van der Waals surface area contributed by atoms with E-state index in [4.69, 9.17) is 4.74 Å². The summed E-state index contributed by atoms with van der Waals surface area (Å²) in [5.41, 5.74) is 1.01. The van der Waals surface area contributed by atoms with Crippen LogP contribution in [0.25, 0.3) is 5.57 Å². The molecule has 0 atom stereocenters. The molecule has 0 unspecified atom stereocenters. The molecule has 0 fully saturated rings. The van der Waals surface area contributed by atoms with Crippen LogP contribution >= 0.6 is 0 Å². The largest absolute Gasteiger partial charge is 0.465 e. The number of Topliss-reactive ketones (excluding diaryl/α,β-unsaturated/α-hetero) is 1. The van der Waals surface area contributed by atoms with Crippen molar-refractivity contribution in [1.29, 1.82) is 0 Å². The van der Waals surface area contributed by atoms with Gasteiger partial charge in [0.15, 0.2) is 5.78 Å². The monoisotopic (exact) mass is 325 g/mol. The molecule has 0 amide bonds. The number of non-ortho nitro benzene ring substituents is 1. The van der Waals surface area contributed by atoms with E-state index in [1.54, 1.807) is 36.4 Å². The van der Waals surface area contributed by atoms with Gasteiger partial charge in [0.1, 0.15) is 5.57 Å². The molecule has 24 heavy (non-hydrogen) atoms. The fraction of sp³-hybridized carbons (Fsp3) is 0.111. The minimum Gasteiger partial charge on any atom is -0.465 e.